The van der Waals surface area contributed by atoms with Gasteiger partial charge in [0.25, 0.3) is 0 Å². The topological polar surface area (TPSA) is 43.6 Å². The number of hydrogen-bond donors (Lipinski definition) is 0. The summed E-state index contributed by atoms with van der Waals surface area (Å²) in [5.41, 5.74) is 15.5. The molecule has 0 atom stereocenters. The third kappa shape index (κ3) is 6.11. The molecule has 3 heterocycles. The zero-order chi connectivity index (χ0) is 45.5. The molecule has 0 fully saturated rings. The average Bonchev–Trinajstić information content (AvgIpc) is 4.07. The molecule has 3 aromatic heterocycles. The van der Waals surface area contributed by atoms with Crippen molar-refractivity contribution in [1.82, 2.24) is 19.5 Å². The summed E-state index contributed by atoms with van der Waals surface area (Å²) < 4.78 is 4.80. The summed E-state index contributed by atoms with van der Waals surface area (Å²) in [5, 5.41) is 4.95. The first kappa shape index (κ1) is 39.4. The molecule has 0 spiro atoms. The molecule has 1 aliphatic rings. The fourth-order valence-electron chi connectivity index (χ4n) is 11.1. The van der Waals surface area contributed by atoms with Crippen LogP contribution >= 0.6 is 11.3 Å². The fraction of sp³-hybridized carbons (Fsp3) is 0.0156. The minimum absolute atomic E-state index is 0.538. The number of benzene rings is 10. The van der Waals surface area contributed by atoms with E-state index in [0.29, 0.717) is 17.5 Å². The van der Waals surface area contributed by atoms with E-state index in [0.717, 1.165) is 27.9 Å². The third-order valence-electron chi connectivity index (χ3n) is 14.1. The zero-order valence-electron chi connectivity index (χ0n) is 37.3. The Morgan fingerprint density at radius 1 is 0.333 bits per heavy atom. The molecule has 0 saturated heterocycles. The van der Waals surface area contributed by atoms with Gasteiger partial charge in [0.05, 0.1) is 16.4 Å². The molecule has 4 nitrogen and oxygen atoms in total. The Morgan fingerprint density at radius 2 is 0.899 bits per heavy atom. The van der Waals surface area contributed by atoms with Crippen LogP contribution in [0.2, 0.25) is 0 Å². The van der Waals surface area contributed by atoms with Gasteiger partial charge in [-0.15, -0.1) is 11.3 Å². The lowest BCUT2D eigenvalue weighted by Crippen LogP contribution is -2.28. The lowest BCUT2D eigenvalue weighted by atomic mass is 9.67. The summed E-state index contributed by atoms with van der Waals surface area (Å²) in [6, 6.07) is 87.5. The van der Waals surface area contributed by atoms with Crippen LogP contribution in [0.3, 0.4) is 0 Å². The van der Waals surface area contributed by atoms with Crippen LogP contribution < -0.4 is 0 Å². The molecule has 1 aliphatic carbocycles. The number of fused-ring (bicyclic) bond motifs is 9. The number of para-hydroxylation sites is 2. The largest absolute Gasteiger partial charge is 0.309 e. The standard InChI is InChI=1S/C64H40N4S/c1-5-18-41(19-6-1)61-65-62(67-63(66-61)51-28-17-30-55-60(51)50-27-13-15-29-54(50)64(55,45-20-7-2-8-21-45)46-22-9-3-10-23-46)44-32-35-49-53-39-43(34-37-58(53)69-59(49)40-44)42-33-36-57-52(38-42)48-26-14-16-31-56(48)68(57)47-24-11-4-12-25-47/h1-40H. The Bertz CT molecular complexity index is 4080. The van der Waals surface area contributed by atoms with Gasteiger partial charge in [-0.3, -0.25) is 0 Å². The lowest BCUT2D eigenvalue weighted by molar-refractivity contribution is 0.768. The lowest BCUT2D eigenvalue weighted by Gasteiger charge is -2.33. The first-order valence-electron chi connectivity index (χ1n) is 23.4. The highest BCUT2D eigenvalue weighted by molar-refractivity contribution is 7.25. The minimum atomic E-state index is -0.538. The Labute approximate surface area is 403 Å². The van der Waals surface area contributed by atoms with Gasteiger partial charge in [0, 0.05) is 53.3 Å². The molecule has 322 valence electrons. The van der Waals surface area contributed by atoms with Gasteiger partial charge >= 0.3 is 0 Å². The molecule has 0 N–H and O–H groups in total. The fourth-order valence-corrected chi connectivity index (χ4v) is 12.3. The second kappa shape index (κ2) is 15.7. The normalized spacial score (nSPS) is 12.8. The molecule has 0 saturated carbocycles. The minimum Gasteiger partial charge on any atom is -0.309 e. The van der Waals surface area contributed by atoms with Crippen molar-refractivity contribution < 1.29 is 0 Å². The van der Waals surface area contributed by atoms with E-state index in [1.165, 1.54) is 80.9 Å². The van der Waals surface area contributed by atoms with E-state index in [4.69, 9.17) is 15.0 Å². The summed E-state index contributed by atoms with van der Waals surface area (Å²) in [6.07, 6.45) is 0. The molecular formula is C64H40N4S. The second-order valence-electron chi connectivity index (χ2n) is 17.9. The summed E-state index contributed by atoms with van der Waals surface area (Å²) >= 11 is 1.81. The molecule has 13 aromatic rings. The van der Waals surface area contributed by atoms with Crippen LogP contribution in [0.1, 0.15) is 22.3 Å². The first-order valence-corrected chi connectivity index (χ1v) is 24.2. The third-order valence-corrected chi connectivity index (χ3v) is 15.3. The number of rotatable bonds is 7. The van der Waals surface area contributed by atoms with Gasteiger partial charge in [0.15, 0.2) is 17.5 Å². The molecule has 0 bridgehead atoms. The number of hydrogen-bond acceptors (Lipinski definition) is 4. The SMILES string of the molecule is c1ccc(-c2nc(-c3ccc4c(c3)sc3ccc(-c5ccc6c(c5)c5ccccc5n6-c5ccccc5)cc34)nc(-c3cccc4c3-c3ccccc3C4(c3ccccc3)c3ccccc3)n2)cc1. The molecule has 0 amide bonds. The van der Waals surface area contributed by atoms with Crippen LogP contribution in [0.25, 0.3) is 104 Å². The predicted octanol–water partition coefficient (Wildman–Crippen LogP) is 16.4. The highest BCUT2D eigenvalue weighted by Crippen LogP contribution is 2.58. The van der Waals surface area contributed by atoms with E-state index in [-0.39, 0.29) is 0 Å². The first-order chi connectivity index (χ1) is 34.2. The summed E-state index contributed by atoms with van der Waals surface area (Å²) in [6.45, 7) is 0. The van der Waals surface area contributed by atoms with Gasteiger partial charge in [-0.1, -0.05) is 194 Å². The number of thiophene rings is 1. The second-order valence-corrected chi connectivity index (χ2v) is 19.0. The Balaban J connectivity index is 0.909. The molecule has 5 heteroatoms. The van der Waals surface area contributed by atoms with Gasteiger partial charge < -0.3 is 4.57 Å². The van der Waals surface area contributed by atoms with E-state index in [2.05, 4.69) is 229 Å². The highest BCUT2D eigenvalue weighted by Gasteiger charge is 2.47. The Morgan fingerprint density at radius 3 is 1.67 bits per heavy atom. The van der Waals surface area contributed by atoms with Crippen LogP contribution in [0.4, 0.5) is 0 Å². The Kier molecular flexibility index (Phi) is 8.95. The van der Waals surface area contributed by atoms with Crippen molar-refractivity contribution in [2.75, 3.05) is 0 Å². The molecule has 14 rings (SSSR count). The van der Waals surface area contributed by atoms with Crippen molar-refractivity contribution in [3.8, 4) is 62.1 Å². The van der Waals surface area contributed by atoms with Crippen LogP contribution in [-0.4, -0.2) is 19.5 Å². The number of nitrogens with zero attached hydrogens (tertiary/aromatic N) is 4. The van der Waals surface area contributed by atoms with Crippen LogP contribution in [0, 0.1) is 0 Å². The summed E-state index contributed by atoms with van der Waals surface area (Å²) in [7, 11) is 0. The highest BCUT2D eigenvalue weighted by atomic mass is 32.1. The van der Waals surface area contributed by atoms with Crippen molar-refractivity contribution in [2.45, 2.75) is 5.41 Å². The van der Waals surface area contributed by atoms with Crippen molar-refractivity contribution in [1.29, 1.82) is 0 Å². The molecule has 69 heavy (non-hydrogen) atoms. The van der Waals surface area contributed by atoms with Crippen LogP contribution in [-0.2, 0) is 5.41 Å². The van der Waals surface area contributed by atoms with Crippen molar-refractivity contribution in [2.24, 2.45) is 0 Å². The van der Waals surface area contributed by atoms with Crippen LogP contribution in [0.5, 0.6) is 0 Å². The zero-order valence-corrected chi connectivity index (χ0v) is 38.1. The van der Waals surface area contributed by atoms with E-state index >= 15 is 0 Å². The van der Waals surface area contributed by atoms with E-state index in [1.54, 1.807) is 0 Å². The van der Waals surface area contributed by atoms with Gasteiger partial charge in [-0.2, -0.15) is 0 Å². The van der Waals surface area contributed by atoms with Crippen molar-refractivity contribution in [3.63, 3.8) is 0 Å². The van der Waals surface area contributed by atoms with E-state index in [1.807, 2.05) is 29.5 Å². The van der Waals surface area contributed by atoms with Gasteiger partial charge in [-0.05, 0) is 93.0 Å². The van der Waals surface area contributed by atoms with E-state index in [9.17, 15) is 0 Å². The van der Waals surface area contributed by atoms with Crippen molar-refractivity contribution >= 4 is 53.3 Å². The maximum Gasteiger partial charge on any atom is 0.164 e. The predicted molar refractivity (Wildman–Crippen MR) is 286 cm³/mol. The van der Waals surface area contributed by atoms with Gasteiger partial charge in [0.2, 0.25) is 0 Å². The molecule has 0 aliphatic heterocycles. The maximum atomic E-state index is 5.41. The quantitative estimate of drug-likeness (QED) is 0.160. The summed E-state index contributed by atoms with van der Waals surface area (Å²) in [4.78, 5) is 15.9. The van der Waals surface area contributed by atoms with Crippen molar-refractivity contribution in [3.05, 3.63) is 265 Å². The molecular weight excluding hydrogens is 857 g/mol. The smallest absolute Gasteiger partial charge is 0.164 e. The van der Waals surface area contributed by atoms with Gasteiger partial charge in [0.1, 0.15) is 0 Å². The Hall–Kier alpha value is -8.77. The van der Waals surface area contributed by atoms with E-state index < -0.39 is 5.41 Å². The summed E-state index contributed by atoms with van der Waals surface area (Å²) in [5.74, 6) is 1.93. The molecule has 0 unspecified atom stereocenters. The average molecular weight is 897 g/mol. The molecule has 0 radical (unpaired) electrons. The molecule has 10 aromatic carbocycles. The van der Waals surface area contributed by atoms with Crippen LogP contribution in [0.15, 0.2) is 243 Å². The number of aromatic nitrogens is 4. The monoisotopic (exact) mass is 896 g/mol. The maximum absolute atomic E-state index is 5.41. The van der Waals surface area contributed by atoms with Gasteiger partial charge in [-0.25, -0.2) is 15.0 Å².